The minimum Gasteiger partial charge on any atom is -0.410 e. The second-order valence-corrected chi connectivity index (χ2v) is 3.91. The molecule has 0 spiro atoms. The highest BCUT2D eigenvalue weighted by Gasteiger charge is 2.07. The molecular formula is C6H6N4O4S. The molecule has 0 aliphatic carbocycles. The van der Waals surface area contributed by atoms with Crippen molar-refractivity contribution in [2.24, 2.45) is 0 Å². The van der Waals surface area contributed by atoms with Crippen LogP contribution in [0.25, 0.3) is 11.0 Å². The Labute approximate surface area is 84.0 Å². The molecule has 0 bridgehead atoms. The molecule has 0 aliphatic rings. The molecule has 0 radical (unpaired) electrons. The van der Waals surface area contributed by atoms with Crippen LogP contribution in [0.1, 0.15) is 0 Å². The fourth-order valence-corrected chi connectivity index (χ4v) is 1.54. The minimum atomic E-state index is -4.32. The first-order chi connectivity index (χ1) is 6.96. The lowest BCUT2D eigenvalue weighted by Gasteiger charge is -2.01. The molecule has 0 saturated heterocycles. The second kappa shape index (κ2) is 3.07. The van der Waals surface area contributed by atoms with E-state index in [2.05, 4.69) is 10.3 Å². The van der Waals surface area contributed by atoms with E-state index in [1.54, 1.807) is 0 Å². The van der Waals surface area contributed by atoms with Crippen LogP contribution in [0.5, 0.6) is 0 Å². The second-order valence-electron chi connectivity index (χ2n) is 2.76. The molecule has 0 unspecified atom stereocenters. The molecule has 0 atom stereocenters. The van der Waals surface area contributed by atoms with E-state index in [0.29, 0.717) is 10.4 Å². The maximum absolute atomic E-state index is 10.5. The number of aromatic nitrogens is 3. The Morgan fingerprint density at radius 2 is 2.13 bits per heavy atom. The summed E-state index contributed by atoms with van der Waals surface area (Å²) in [6.45, 7) is 0. The molecule has 80 valence electrons. The Balaban J connectivity index is 2.51. The maximum Gasteiger partial charge on any atom is 0.357 e. The molecule has 0 aliphatic heterocycles. The monoisotopic (exact) mass is 230 g/mol. The van der Waals surface area contributed by atoms with Crippen molar-refractivity contribution in [3.8, 4) is 0 Å². The largest absolute Gasteiger partial charge is 0.410 e. The summed E-state index contributed by atoms with van der Waals surface area (Å²) in [7, 11) is -4.32. The van der Waals surface area contributed by atoms with Crippen molar-refractivity contribution in [1.82, 2.24) is 15.2 Å². The highest BCUT2D eigenvalue weighted by atomic mass is 32.2. The SMILES string of the molecule is O=S(=O)(O)Nc1ccc2nnn(O)c2c1. The first-order valence-electron chi connectivity index (χ1n) is 3.76. The van der Waals surface area contributed by atoms with E-state index < -0.39 is 10.3 Å². The van der Waals surface area contributed by atoms with Crippen LogP contribution in [-0.2, 0) is 10.3 Å². The molecule has 0 fully saturated rings. The number of hydrogen-bond donors (Lipinski definition) is 3. The number of anilines is 1. The van der Waals surface area contributed by atoms with Crippen molar-refractivity contribution in [1.29, 1.82) is 0 Å². The third kappa shape index (κ3) is 1.97. The number of benzene rings is 1. The van der Waals surface area contributed by atoms with Crippen molar-refractivity contribution < 1.29 is 18.2 Å². The summed E-state index contributed by atoms with van der Waals surface area (Å²) in [6.07, 6.45) is 0. The Hall–Kier alpha value is -1.87. The zero-order valence-corrected chi connectivity index (χ0v) is 8.01. The quantitative estimate of drug-likeness (QED) is 0.489. The average molecular weight is 230 g/mol. The van der Waals surface area contributed by atoms with Gasteiger partial charge in [0.25, 0.3) is 0 Å². The molecule has 2 aromatic rings. The zero-order valence-electron chi connectivity index (χ0n) is 7.19. The fraction of sp³-hybridized carbons (Fsp3) is 0. The lowest BCUT2D eigenvalue weighted by molar-refractivity contribution is 0.155. The summed E-state index contributed by atoms with van der Waals surface area (Å²) in [6, 6.07) is 4.11. The molecule has 1 heterocycles. The lowest BCUT2D eigenvalue weighted by atomic mass is 10.3. The van der Waals surface area contributed by atoms with Gasteiger partial charge in [0.05, 0.1) is 5.69 Å². The predicted molar refractivity (Wildman–Crippen MR) is 49.9 cm³/mol. The van der Waals surface area contributed by atoms with Crippen LogP contribution in [0, 0.1) is 0 Å². The Morgan fingerprint density at radius 1 is 1.40 bits per heavy atom. The smallest absolute Gasteiger partial charge is 0.357 e. The van der Waals surface area contributed by atoms with E-state index >= 15 is 0 Å². The van der Waals surface area contributed by atoms with Crippen molar-refractivity contribution in [2.75, 3.05) is 4.72 Å². The van der Waals surface area contributed by atoms with Crippen molar-refractivity contribution >= 4 is 27.0 Å². The van der Waals surface area contributed by atoms with E-state index in [1.165, 1.54) is 18.2 Å². The molecular weight excluding hydrogens is 224 g/mol. The first-order valence-corrected chi connectivity index (χ1v) is 5.20. The van der Waals surface area contributed by atoms with Crippen LogP contribution in [0.3, 0.4) is 0 Å². The fourth-order valence-electron chi connectivity index (χ4n) is 1.12. The van der Waals surface area contributed by atoms with Crippen molar-refractivity contribution in [3.05, 3.63) is 18.2 Å². The van der Waals surface area contributed by atoms with E-state index in [1.807, 2.05) is 4.72 Å². The average Bonchev–Trinajstić information content (AvgIpc) is 2.45. The number of nitrogens with one attached hydrogen (secondary N) is 1. The third-order valence-electron chi connectivity index (χ3n) is 1.67. The number of nitrogens with zero attached hydrogens (tertiary/aromatic N) is 3. The van der Waals surface area contributed by atoms with E-state index in [0.717, 1.165) is 0 Å². The van der Waals surface area contributed by atoms with E-state index in [9.17, 15) is 8.42 Å². The van der Waals surface area contributed by atoms with Crippen LogP contribution in [-0.4, -0.2) is 33.3 Å². The highest BCUT2D eigenvalue weighted by Crippen LogP contribution is 2.16. The van der Waals surface area contributed by atoms with Crippen LogP contribution in [0.4, 0.5) is 5.69 Å². The van der Waals surface area contributed by atoms with Crippen molar-refractivity contribution in [2.45, 2.75) is 0 Å². The third-order valence-corrected chi connectivity index (χ3v) is 2.17. The summed E-state index contributed by atoms with van der Waals surface area (Å²) >= 11 is 0. The molecule has 0 amide bonds. The van der Waals surface area contributed by atoms with Gasteiger partial charge in [-0.05, 0) is 23.4 Å². The zero-order chi connectivity index (χ0) is 11.1. The summed E-state index contributed by atoms with van der Waals surface area (Å²) < 4.78 is 31.4. The lowest BCUT2D eigenvalue weighted by Crippen LogP contribution is -2.10. The van der Waals surface area contributed by atoms with Crippen molar-refractivity contribution in [3.63, 3.8) is 0 Å². The van der Waals surface area contributed by atoms with Gasteiger partial charge in [0.1, 0.15) is 11.0 Å². The maximum atomic E-state index is 10.5. The molecule has 2 rings (SSSR count). The van der Waals surface area contributed by atoms with Gasteiger partial charge < -0.3 is 5.21 Å². The van der Waals surface area contributed by atoms with Crippen LogP contribution >= 0.6 is 0 Å². The normalized spacial score (nSPS) is 11.8. The van der Waals surface area contributed by atoms with Gasteiger partial charge in [0.15, 0.2) is 0 Å². The van der Waals surface area contributed by atoms with Gasteiger partial charge in [-0.3, -0.25) is 9.27 Å². The summed E-state index contributed by atoms with van der Waals surface area (Å²) in [5, 5.41) is 16.0. The minimum absolute atomic E-state index is 0.0996. The Bertz CT molecular complexity index is 605. The highest BCUT2D eigenvalue weighted by molar-refractivity contribution is 7.87. The first kappa shape index (κ1) is 9.68. The molecule has 1 aromatic carbocycles. The summed E-state index contributed by atoms with van der Waals surface area (Å²) in [5.74, 6) is 0. The number of hydrogen-bond acceptors (Lipinski definition) is 5. The predicted octanol–water partition coefficient (Wildman–Crippen LogP) is -0.117. The molecule has 8 nitrogen and oxygen atoms in total. The van der Waals surface area contributed by atoms with Gasteiger partial charge in [-0.1, -0.05) is 4.85 Å². The van der Waals surface area contributed by atoms with Crippen LogP contribution in [0.2, 0.25) is 0 Å². The summed E-state index contributed by atoms with van der Waals surface area (Å²) in [4.78, 5) is 0.504. The molecule has 0 saturated carbocycles. The van der Waals surface area contributed by atoms with Gasteiger partial charge in [-0.2, -0.15) is 8.42 Å². The number of rotatable bonds is 2. The van der Waals surface area contributed by atoms with Gasteiger partial charge >= 0.3 is 10.3 Å². The van der Waals surface area contributed by atoms with E-state index in [-0.39, 0.29) is 11.2 Å². The molecule has 9 heteroatoms. The van der Waals surface area contributed by atoms with Crippen LogP contribution in [0.15, 0.2) is 18.2 Å². The molecule has 15 heavy (non-hydrogen) atoms. The van der Waals surface area contributed by atoms with Gasteiger partial charge in [0, 0.05) is 0 Å². The Morgan fingerprint density at radius 3 is 2.80 bits per heavy atom. The standard InChI is InChI=1S/C6H6N4O4S/c11-10-6-3-4(8-15(12,13)14)1-2-5(6)7-9-10/h1-3,8,11H,(H,12,13,14). The Kier molecular flexibility index (Phi) is 1.98. The van der Waals surface area contributed by atoms with Gasteiger partial charge in [-0.25, -0.2) is 0 Å². The summed E-state index contributed by atoms with van der Waals surface area (Å²) in [5.41, 5.74) is 0.727. The topological polar surface area (TPSA) is 117 Å². The number of fused-ring (bicyclic) bond motifs is 1. The van der Waals surface area contributed by atoms with Gasteiger partial charge in [-0.15, -0.1) is 5.10 Å². The molecule has 1 aromatic heterocycles. The van der Waals surface area contributed by atoms with E-state index in [4.69, 9.17) is 9.76 Å². The van der Waals surface area contributed by atoms with Gasteiger partial charge in [0.2, 0.25) is 0 Å². The van der Waals surface area contributed by atoms with Crippen LogP contribution < -0.4 is 4.72 Å². The molecule has 3 N–H and O–H groups in total.